The number of fused-ring (bicyclic) bond motifs is 1. The van der Waals surface area contributed by atoms with Crippen molar-refractivity contribution in [2.75, 3.05) is 6.54 Å². The van der Waals surface area contributed by atoms with Gasteiger partial charge in [0.15, 0.2) is 0 Å². The molecule has 0 amide bonds. The van der Waals surface area contributed by atoms with Gasteiger partial charge in [-0.3, -0.25) is 0 Å². The quantitative estimate of drug-likeness (QED) is 0.791. The van der Waals surface area contributed by atoms with E-state index in [4.69, 9.17) is 0 Å². The number of hydrogen-bond donors (Lipinski definition) is 1. The summed E-state index contributed by atoms with van der Waals surface area (Å²) < 4.78 is 2.41. The third-order valence-corrected chi connectivity index (χ3v) is 5.79. The molecule has 2 aliphatic carbocycles. The van der Waals surface area contributed by atoms with Crippen LogP contribution in [0.15, 0.2) is 27.1 Å². The van der Waals surface area contributed by atoms with Crippen LogP contribution in [-0.4, -0.2) is 6.54 Å². The van der Waals surface area contributed by atoms with Crippen molar-refractivity contribution in [2.45, 2.75) is 32.2 Å². The molecule has 1 aromatic rings. The summed E-state index contributed by atoms with van der Waals surface area (Å²) >= 11 is 7.31. The highest BCUT2D eigenvalue weighted by molar-refractivity contribution is 9.11. The molecule has 0 aliphatic heterocycles. The van der Waals surface area contributed by atoms with E-state index < -0.39 is 0 Å². The second kappa shape index (κ2) is 5.26. The second-order valence-corrected chi connectivity index (χ2v) is 7.31. The van der Waals surface area contributed by atoms with Crippen molar-refractivity contribution in [2.24, 2.45) is 17.8 Å². The van der Waals surface area contributed by atoms with Crippen LogP contribution >= 0.6 is 31.9 Å². The molecule has 1 N–H and O–H groups in total. The molecule has 0 saturated heterocycles. The maximum Gasteiger partial charge on any atom is 0.0365 e. The first-order valence-corrected chi connectivity index (χ1v) is 8.49. The van der Waals surface area contributed by atoms with Crippen LogP contribution in [0.4, 0.5) is 0 Å². The molecule has 0 heterocycles. The lowest BCUT2D eigenvalue weighted by Gasteiger charge is -2.22. The molecule has 2 aliphatic rings. The minimum Gasteiger partial charge on any atom is -0.310 e. The van der Waals surface area contributed by atoms with Gasteiger partial charge in [-0.05, 0) is 60.9 Å². The zero-order valence-corrected chi connectivity index (χ0v) is 13.8. The van der Waals surface area contributed by atoms with Crippen LogP contribution in [-0.2, 0) is 0 Å². The van der Waals surface area contributed by atoms with Crippen LogP contribution in [0.5, 0.6) is 0 Å². The lowest BCUT2D eigenvalue weighted by atomic mass is 9.97. The summed E-state index contributed by atoms with van der Waals surface area (Å²) in [6.45, 7) is 3.25. The first-order chi connectivity index (χ1) is 8.72. The lowest BCUT2D eigenvalue weighted by Crippen LogP contribution is -2.24. The van der Waals surface area contributed by atoms with Crippen molar-refractivity contribution in [3.63, 3.8) is 0 Å². The van der Waals surface area contributed by atoms with Crippen molar-refractivity contribution in [1.29, 1.82) is 0 Å². The topological polar surface area (TPSA) is 12.0 Å². The summed E-state index contributed by atoms with van der Waals surface area (Å²) in [5.74, 6) is 2.84. The molecule has 3 atom stereocenters. The molecule has 0 spiro atoms. The molecule has 1 aromatic carbocycles. The summed E-state index contributed by atoms with van der Waals surface area (Å²) in [7, 11) is 0. The molecule has 2 saturated carbocycles. The Hall–Kier alpha value is 0.140. The third-order valence-electron chi connectivity index (χ3n) is 4.57. The molecular weight excluding hydrogens is 354 g/mol. The summed E-state index contributed by atoms with van der Waals surface area (Å²) in [6, 6.07) is 7.05. The van der Waals surface area contributed by atoms with Gasteiger partial charge in [-0.2, -0.15) is 0 Å². The van der Waals surface area contributed by atoms with E-state index in [-0.39, 0.29) is 0 Å². The molecule has 98 valence electrons. The Labute approximate surface area is 126 Å². The van der Waals surface area contributed by atoms with E-state index in [0.29, 0.717) is 6.04 Å². The predicted molar refractivity (Wildman–Crippen MR) is 82.6 cm³/mol. The van der Waals surface area contributed by atoms with E-state index in [1.165, 1.54) is 33.8 Å². The summed E-state index contributed by atoms with van der Waals surface area (Å²) in [6.07, 6.45) is 4.34. The fourth-order valence-electron chi connectivity index (χ4n) is 3.80. The third kappa shape index (κ3) is 2.30. The maximum absolute atomic E-state index is 3.72. The van der Waals surface area contributed by atoms with E-state index in [2.05, 4.69) is 62.3 Å². The Bertz CT molecular complexity index is 436. The molecule has 0 radical (unpaired) electrons. The van der Waals surface area contributed by atoms with Gasteiger partial charge in [-0.25, -0.2) is 0 Å². The van der Waals surface area contributed by atoms with E-state index in [1.807, 2.05) is 0 Å². The Morgan fingerprint density at radius 2 is 2.00 bits per heavy atom. The van der Waals surface area contributed by atoms with E-state index in [0.717, 1.165) is 24.3 Å². The standard InChI is InChI=1S/C15H19Br2N/c1-2-18-15(14-10-4-3-5-11(10)14)12-8-9(16)6-7-13(12)17/h6-8,10-11,14-15,18H,2-5H2,1H3. The highest BCUT2D eigenvalue weighted by Gasteiger charge is 2.56. The Kier molecular flexibility index (Phi) is 3.84. The van der Waals surface area contributed by atoms with Crippen LogP contribution in [0, 0.1) is 17.8 Å². The van der Waals surface area contributed by atoms with Gasteiger partial charge in [-0.15, -0.1) is 0 Å². The average molecular weight is 373 g/mol. The van der Waals surface area contributed by atoms with Crippen molar-refractivity contribution >= 4 is 31.9 Å². The predicted octanol–water partition coefficient (Wildman–Crippen LogP) is 4.91. The SMILES string of the molecule is CCNC(c1cc(Br)ccc1Br)C1C2CCCC21. The molecule has 3 rings (SSSR count). The van der Waals surface area contributed by atoms with Crippen molar-refractivity contribution in [3.05, 3.63) is 32.7 Å². The number of nitrogens with one attached hydrogen (secondary N) is 1. The van der Waals surface area contributed by atoms with Crippen molar-refractivity contribution in [1.82, 2.24) is 5.32 Å². The highest BCUT2D eigenvalue weighted by atomic mass is 79.9. The Balaban J connectivity index is 1.87. The van der Waals surface area contributed by atoms with Gasteiger partial charge in [0.25, 0.3) is 0 Å². The maximum atomic E-state index is 3.72. The highest BCUT2D eigenvalue weighted by Crippen LogP contribution is 2.62. The summed E-state index contributed by atoms with van der Waals surface area (Å²) in [5.41, 5.74) is 1.42. The molecular formula is C15H19Br2N. The first-order valence-electron chi connectivity index (χ1n) is 6.90. The van der Waals surface area contributed by atoms with E-state index in [9.17, 15) is 0 Å². The summed E-state index contributed by atoms with van der Waals surface area (Å²) in [5, 5.41) is 3.71. The van der Waals surface area contributed by atoms with Crippen LogP contribution in [0.25, 0.3) is 0 Å². The number of hydrogen-bond acceptors (Lipinski definition) is 1. The van der Waals surface area contributed by atoms with Gasteiger partial charge in [0.1, 0.15) is 0 Å². The normalized spacial score (nSPS) is 31.2. The van der Waals surface area contributed by atoms with Gasteiger partial charge >= 0.3 is 0 Å². The van der Waals surface area contributed by atoms with E-state index in [1.54, 1.807) is 0 Å². The fraction of sp³-hybridized carbons (Fsp3) is 0.600. The van der Waals surface area contributed by atoms with Gasteiger partial charge in [0, 0.05) is 15.0 Å². The summed E-state index contributed by atoms with van der Waals surface area (Å²) in [4.78, 5) is 0. The van der Waals surface area contributed by atoms with Crippen LogP contribution < -0.4 is 5.32 Å². The second-order valence-electron chi connectivity index (χ2n) is 5.54. The van der Waals surface area contributed by atoms with Crippen LogP contribution in [0.1, 0.15) is 37.8 Å². The van der Waals surface area contributed by atoms with Crippen molar-refractivity contribution < 1.29 is 0 Å². The molecule has 0 aromatic heterocycles. The van der Waals surface area contributed by atoms with Gasteiger partial charge in [0.2, 0.25) is 0 Å². The first kappa shape index (κ1) is 13.1. The fourth-order valence-corrected chi connectivity index (χ4v) is 4.67. The molecule has 3 heteroatoms. The van der Waals surface area contributed by atoms with Gasteiger partial charge in [-0.1, -0.05) is 45.2 Å². The van der Waals surface area contributed by atoms with Crippen LogP contribution in [0.3, 0.4) is 0 Å². The minimum atomic E-state index is 0.525. The zero-order valence-electron chi connectivity index (χ0n) is 10.6. The lowest BCUT2D eigenvalue weighted by molar-refractivity contribution is 0.424. The molecule has 1 nitrogen and oxygen atoms in total. The van der Waals surface area contributed by atoms with E-state index >= 15 is 0 Å². The monoisotopic (exact) mass is 371 g/mol. The number of rotatable bonds is 4. The molecule has 3 unspecified atom stereocenters. The smallest absolute Gasteiger partial charge is 0.0365 e. The van der Waals surface area contributed by atoms with Crippen molar-refractivity contribution in [3.8, 4) is 0 Å². The number of benzene rings is 1. The van der Waals surface area contributed by atoms with Gasteiger partial charge in [0.05, 0.1) is 0 Å². The Morgan fingerprint density at radius 1 is 1.28 bits per heavy atom. The molecule has 0 bridgehead atoms. The average Bonchev–Trinajstić information content (AvgIpc) is 2.82. The minimum absolute atomic E-state index is 0.525. The number of halogens is 2. The van der Waals surface area contributed by atoms with Crippen LogP contribution in [0.2, 0.25) is 0 Å². The Morgan fingerprint density at radius 3 is 2.67 bits per heavy atom. The largest absolute Gasteiger partial charge is 0.310 e. The van der Waals surface area contributed by atoms with Gasteiger partial charge < -0.3 is 5.32 Å². The molecule has 2 fully saturated rings. The molecule has 18 heavy (non-hydrogen) atoms. The zero-order chi connectivity index (χ0) is 12.7.